The first-order valence-electron chi connectivity index (χ1n) is 8.12. The van der Waals surface area contributed by atoms with Crippen molar-refractivity contribution in [1.29, 1.82) is 0 Å². The first-order chi connectivity index (χ1) is 10.4. The number of halogens is 1. The summed E-state index contributed by atoms with van der Waals surface area (Å²) in [5.41, 5.74) is 0.545. The molecule has 1 aliphatic carbocycles. The van der Waals surface area contributed by atoms with Gasteiger partial charge in [-0.15, -0.1) is 0 Å². The van der Waals surface area contributed by atoms with E-state index in [1.54, 1.807) is 19.1 Å². The minimum Gasteiger partial charge on any atom is -0.481 e. The van der Waals surface area contributed by atoms with Gasteiger partial charge < -0.3 is 9.53 Å². The van der Waals surface area contributed by atoms with Gasteiger partial charge in [-0.3, -0.25) is 4.79 Å². The van der Waals surface area contributed by atoms with Crippen LogP contribution in [0, 0.1) is 5.82 Å². The quantitative estimate of drug-likeness (QED) is 0.766. The molecular formula is C18H27FO3Si. The Hall–Kier alpha value is -1.20. The van der Waals surface area contributed by atoms with Crippen molar-refractivity contribution in [3.8, 4) is 0 Å². The molecule has 23 heavy (non-hydrogen) atoms. The highest BCUT2D eigenvalue weighted by atomic mass is 28.4. The second kappa shape index (κ2) is 5.71. The van der Waals surface area contributed by atoms with Crippen LogP contribution in [0.3, 0.4) is 0 Å². The lowest BCUT2D eigenvalue weighted by Crippen LogP contribution is -2.44. The van der Waals surface area contributed by atoms with E-state index in [0.29, 0.717) is 11.1 Å². The second-order valence-corrected chi connectivity index (χ2v) is 12.9. The molecule has 1 aromatic carbocycles. The lowest BCUT2D eigenvalue weighted by Gasteiger charge is -2.40. The predicted molar refractivity (Wildman–Crippen MR) is 91.6 cm³/mol. The molecule has 2 rings (SSSR count). The van der Waals surface area contributed by atoms with Crippen LogP contribution in [0.1, 0.15) is 57.6 Å². The number of benzene rings is 1. The van der Waals surface area contributed by atoms with Gasteiger partial charge in [-0.2, -0.15) is 0 Å². The third kappa shape index (κ3) is 3.50. The molecule has 1 aromatic rings. The fourth-order valence-electron chi connectivity index (χ4n) is 2.49. The molecule has 1 aliphatic rings. The van der Waals surface area contributed by atoms with E-state index in [9.17, 15) is 9.18 Å². The molecule has 0 amide bonds. The summed E-state index contributed by atoms with van der Waals surface area (Å²) >= 11 is 0. The average molecular weight is 338 g/mol. The predicted octanol–water partition coefficient (Wildman–Crippen LogP) is 5.02. The molecule has 5 heteroatoms. The number of rotatable bonds is 5. The average Bonchev–Trinajstić information content (AvgIpc) is 3.15. The van der Waals surface area contributed by atoms with E-state index in [4.69, 9.17) is 9.53 Å². The van der Waals surface area contributed by atoms with Gasteiger partial charge in [0.2, 0.25) is 0 Å². The molecule has 128 valence electrons. The maximum Gasteiger partial charge on any atom is 0.310 e. The third-order valence-electron chi connectivity index (χ3n) is 5.32. The smallest absolute Gasteiger partial charge is 0.310 e. The van der Waals surface area contributed by atoms with Gasteiger partial charge in [-0.05, 0) is 49.5 Å². The van der Waals surface area contributed by atoms with E-state index in [0.717, 1.165) is 12.8 Å². The van der Waals surface area contributed by atoms with Gasteiger partial charge in [0.25, 0.3) is 0 Å². The summed E-state index contributed by atoms with van der Waals surface area (Å²) in [6, 6.07) is 4.78. The van der Waals surface area contributed by atoms with Gasteiger partial charge in [0, 0.05) is 5.56 Å². The number of carboxylic acids is 1. The molecule has 0 aromatic heterocycles. The largest absolute Gasteiger partial charge is 0.481 e. The van der Waals surface area contributed by atoms with E-state index in [2.05, 4.69) is 33.9 Å². The molecule has 1 unspecified atom stereocenters. The Kier molecular flexibility index (Phi) is 4.50. The number of hydrogen-bond donors (Lipinski definition) is 1. The fraction of sp³-hybridized carbons (Fsp3) is 0.611. The molecule has 0 saturated heterocycles. The zero-order chi connectivity index (χ0) is 17.6. The maximum absolute atomic E-state index is 14.6. The van der Waals surface area contributed by atoms with Gasteiger partial charge in [0.15, 0.2) is 8.32 Å². The van der Waals surface area contributed by atoms with Crippen LogP contribution in [0.15, 0.2) is 18.2 Å². The summed E-state index contributed by atoms with van der Waals surface area (Å²) in [4.78, 5) is 11.1. The molecule has 0 spiro atoms. The summed E-state index contributed by atoms with van der Waals surface area (Å²) in [5, 5.41) is 9.13. The zero-order valence-corrected chi connectivity index (χ0v) is 15.9. The number of carboxylic acid groups (broad SMARTS) is 1. The second-order valence-electron chi connectivity index (χ2n) is 8.16. The first kappa shape index (κ1) is 18.1. The molecule has 0 radical (unpaired) electrons. The van der Waals surface area contributed by atoms with Crippen molar-refractivity contribution >= 4 is 14.3 Å². The van der Waals surface area contributed by atoms with Crippen LogP contribution in [0.5, 0.6) is 0 Å². The van der Waals surface area contributed by atoms with Crippen molar-refractivity contribution in [2.75, 3.05) is 0 Å². The molecule has 0 bridgehead atoms. The highest BCUT2D eigenvalue weighted by Gasteiger charge is 2.53. The SMILES string of the molecule is CC(C(=O)O)c1ccc(C2(O[Si](C)(C)C(C)(C)C)CC2)c(F)c1. The summed E-state index contributed by atoms with van der Waals surface area (Å²) in [6.07, 6.45) is 1.65. The maximum atomic E-state index is 14.6. The van der Waals surface area contributed by atoms with Crippen LogP contribution < -0.4 is 0 Å². The van der Waals surface area contributed by atoms with Crippen LogP contribution in [-0.2, 0) is 14.8 Å². The number of hydrogen-bond acceptors (Lipinski definition) is 2. The van der Waals surface area contributed by atoms with E-state index >= 15 is 0 Å². The van der Waals surface area contributed by atoms with Crippen molar-refractivity contribution in [1.82, 2.24) is 0 Å². The topological polar surface area (TPSA) is 46.5 Å². The molecule has 1 atom stereocenters. The zero-order valence-electron chi connectivity index (χ0n) is 14.9. The monoisotopic (exact) mass is 338 g/mol. The van der Waals surface area contributed by atoms with E-state index in [-0.39, 0.29) is 10.9 Å². The standard InChI is InChI=1S/C18H27FO3Si/c1-12(16(20)21)13-7-8-14(15(19)11-13)18(9-10-18)22-23(5,6)17(2,3)4/h7-8,11-12H,9-10H2,1-6H3,(H,20,21). The van der Waals surface area contributed by atoms with Crippen LogP contribution in [-0.4, -0.2) is 19.4 Å². The minimum atomic E-state index is -2.00. The van der Waals surface area contributed by atoms with Crippen molar-refractivity contribution in [2.24, 2.45) is 0 Å². The summed E-state index contributed by atoms with van der Waals surface area (Å²) in [7, 11) is -2.00. The van der Waals surface area contributed by atoms with E-state index in [1.165, 1.54) is 6.07 Å². The van der Waals surface area contributed by atoms with Crippen LogP contribution in [0.25, 0.3) is 0 Å². The minimum absolute atomic E-state index is 0.0663. The van der Waals surface area contributed by atoms with Gasteiger partial charge >= 0.3 is 5.97 Å². The van der Waals surface area contributed by atoms with Crippen molar-refractivity contribution in [3.63, 3.8) is 0 Å². The molecule has 3 nitrogen and oxygen atoms in total. The van der Waals surface area contributed by atoms with Crippen molar-refractivity contribution < 1.29 is 18.7 Å². The summed E-state index contributed by atoms with van der Waals surface area (Å²) in [5.74, 6) is -2.02. The Labute approximate surface area is 139 Å². The Morgan fingerprint density at radius 3 is 2.30 bits per heavy atom. The lowest BCUT2D eigenvalue weighted by atomic mass is 9.97. The highest BCUT2D eigenvalue weighted by molar-refractivity contribution is 6.74. The molecule has 1 fully saturated rings. The number of carbonyl (C=O) groups is 1. The van der Waals surface area contributed by atoms with Crippen molar-refractivity contribution in [2.45, 2.75) is 70.2 Å². The van der Waals surface area contributed by atoms with Gasteiger partial charge in [-0.1, -0.05) is 32.9 Å². The summed E-state index contributed by atoms with van der Waals surface area (Å²) in [6.45, 7) is 12.4. The van der Waals surface area contributed by atoms with E-state index < -0.39 is 25.8 Å². The Morgan fingerprint density at radius 1 is 1.35 bits per heavy atom. The Bertz CT molecular complexity index is 615. The van der Waals surface area contributed by atoms with Crippen molar-refractivity contribution in [3.05, 3.63) is 35.1 Å². The molecule has 1 N–H and O–H groups in total. The Balaban J connectivity index is 2.30. The number of aliphatic carboxylic acids is 1. The fourth-order valence-corrected chi connectivity index (χ4v) is 4.09. The van der Waals surface area contributed by atoms with Gasteiger partial charge in [0.05, 0.1) is 11.5 Å². The van der Waals surface area contributed by atoms with Crippen LogP contribution in [0.2, 0.25) is 18.1 Å². The van der Waals surface area contributed by atoms with Gasteiger partial charge in [-0.25, -0.2) is 4.39 Å². The van der Waals surface area contributed by atoms with Gasteiger partial charge in [0.1, 0.15) is 5.82 Å². The molecular weight excluding hydrogens is 311 g/mol. The molecule has 0 aliphatic heterocycles. The summed E-state index contributed by atoms with van der Waals surface area (Å²) < 4.78 is 21.1. The Morgan fingerprint density at radius 2 is 1.91 bits per heavy atom. The lowest BCUT2D eigenvalue weighted by molar-refractivity contribution is -0.138. The van der Waals surface area contributed by atoms with Crippen LogP contribution >= 0.6 is 0 Å². The molecule has 1 saturated carbocycles. The first-order valence-corrected chi connectivity index (χ1v) is 11.0. The normalized spacial score (nSPS) is 18.6. The third-order valence-corrected chi connectivity index (χ3v) is 9.83. The molecule has 0 heterocycles. The van der Waals surface area contributed by atoms with E-state index in [1.807, 2.05) is 0 Å². The highest BCUT2D eigenvalue weighted by Crippen LogP contribution is 2.54. The van der Waals surface area contributed by atoms with Crippen LogP contribution in [0.4, 0.5) is 4.39 Å².